The Morgan fingerprint density at radius 2 is 1.85 bits per heavy atom. The van der Waals surface area contributed by atoms with Gasteiger partial charge in [-0.2, -0.15) is 0 Å². The van der Waals surface area contributed by atoms with E-state index in [1.165, 1.54) is 0 Å². The van der Waals surface area contributed by atoms with Gasteiger partial charge in [-0.05, 0) is 31.5 Å². The number of hydrogen-bond donors (Lipinski definition) is 1. The summed E-state index contributed by atoms with van der Waals surface area (Å²) in [7, 11) is 0. The van der Waals surface area contributed by atoms with Crippen LogP contribution in [0.15, 0.2) is 12.1 Å². The van der Waals surface area contributed by atoms with Gasteiger partial charge in [0.05, 0.1) is 18.7 Å². The van der Waals surface area contributed by atoms with Crippen LogP contribution in [0.25, 0.3) is 10.9 Å². The summed E-state index contributed by atoms with van der Waals surface area (Å²) in [5.41, 5.74) is 0.748. The third-order valence-corrected chi connectivity index (χ3v) is 3.13. The van der Waals surface area contributed by atoms with Gasteiger partial charge in [0.25, 0.3) is 0 Å². The minimum Gasteiger partial charge on any atom is -0.490 e. The summed E-state index contributed by atoms with van der Waals surface area (Å²) in [6.07, 6.45) is 0.870. The van der Waals surface area contributed by atoms with Gasteiger partial charge in [0.2, 0.25) is 5.28 Å². The van der Waals surface area contributed by atoms with Gasteiger partial charge in [0.1, 0.15) is 5.82 Å². The normalized spacial score (nSPS) is 14.4. The van der Waals surface area contributed by atoms with Crippen molar-refractivity contribution in [2.24, 2.45) is 0 Å². The second-order valence-corrected chi connectivity index (χ2v) is 5.34. The molecule has 0 unspecified atom stereocenters. The first kappa shape index (κ1) is 13.2. The predicted octanol–water partition coefficient (Wildman–Crippen LogP) is 3.26. The monoisotopic (exact) mass is 293 g/mol. The van der Waals surface area contributed by atoms with Crippen LogP contribution in [0.5, 0.6) is 11.5 Å². The Hall–Kier alpha value is -1.75. The molecule has 1 aromatic heterocycles. The molecule has 0 radical (unpaired) electrons. The molecule has 1 aromatic carbocycles. The number of rotatable bonds is 2. The number of ether oxygens (including phenoxy) is 2. The first-order valence-electron chi connectivity index (χ1n) is 6.67. The highest BCUT2D eigenvalue weighted by molar-refractivity contribution is 6.28. The number of anilines is 1. The third kappa shape index (κ3) is 2.58. The van der Waals surface area contributed by atoms with E-state index < -0.39 is 0 Å². The lowest BCUT2D eigenvalue weighted by Crippen LogP contribution is -2.12. The molecule has 0 saturated carbocycles. The molecule has 5 nitrogen and oxygen atoms in total. The second kappa shape index (κ2) is 5.32. The maximum Gasteiger partial charge on any atom is 0.224 e. The first-order valence-corrected chi connectivity index (χ1v) is 7.05. The van der Waals surface area contributed by atoms with E-state index in [1.807, 2.05) is 26.0 Å². The van der Waals surface area contributed by atoms with Gasteiger partial charge in [-0.15, -0.1) is 0 Å². The minimum atomic E-state index is 0.218. The van der Waals surface area contributed by atoms with Crippen molar-refractivity contribution < 1.29 is 9.47 Å². The first-order chi connectivity index (χ1) is 9.63. The molecule has 0 spiro atoms. The smallest absolute Gasteiger partial charge is 0.224 e. The van der Waals surface area contributed by atoms with Crippen molar-refractivity contribution >= 4 is 28.3 Å². The zero-order valence-corrected chi connectivity index (χ0v) is 12.2. The van der Waals surface area contributed by atoms with Crippen molar-refractivity contribution in [1.82, 2.24) is 9.97 Å². The second-order valence-electron chi connectivity index (χ2n) is 5.01. The molecule has 6 heteroatoms. The SMILES string of the molecule is CC(C)Nc1nc(Cl)nc2cc3c(cc12)OCCCO3. The summed E-state index contributed by atoms with van der Waals surface area (Å²) in [5, 5.41) is 4.38. The minimum absolute atomic E-state index is 0.218. The van der Waals surface area contributed by atoms with E-state index in [4.69, 9.17) is 21.1 Å². The van der Waals surface area contributed by atoms with E-state index in [2.05, 4.69) is 15.3 Å². The third-order valence-electron chi connectivity index (χ3n) is 2.96. The van der Waals surface area contributed by atoms with Crippen molar-refractivity contribution in [2.75, 3.05) is 18.5 Å². The molecule has 0 bridgehead atoms. The highest BCUT2D eigenvalue weighted by atomic mass is 35.5. The van der Waals surface area contributed by atoms with Gasteiger partial charge >= 0.3 is 0 Å². The standard InChI is InChI=1S/C14H16ClN3O2/c1-8(2)16-13-9-6-11-12(20-5-3-4-19-11)7-10(9)17-14(15)18-13/h6-8H,3-5H2,1-2H3,(H,16,17,18). The van der Waals surface area contributed by atoms with Crippen LogP contribution in [-0.4, -0.2) is 29.2 Å². The van der Waals surface area contributed by atoms with Crippen molar-refractivity contribution in [3.63, 3.8) is 0 Å². The molecule has 0 fully saturated rings. The lowest BCUT2D eigenvalue weighted by Gasteiger charge is -2.14. The van der Waals surface area contributed by atoms with E-state index in [1.54, 1.807) is 0 Å². The van der Waals surface area contributed by atoms with E-state index in [9.17, 15) is 0 Å². The largest absolute Gasteiger partial charge is 0.490 e. The highest BCUT2D eigenvalue weighted by Crippen LogP contribution is 2.36. The number of hydrogen-bond acceptors (Lipinski definition) is 5. The van der Waals surface area contributed by atoms with Gasteiger partial charge < -0.3 is 14.8 Å². The van der Waals surface area contributed by atoms with Crippen LogP contribution in [0.3, 0.4) is 0 Å². The van der Waals surface area contributed by atoms with Crippen LogP contribution in [0, 0.1) is 0 Å². The molecule has 3 rings (SSSR count). The highest BCUT2D eigenvalue weighted by Gasteiger charge is 2.15. The van der Waals surface area contributed by atoms with Crippen molar-refractivity contribution in [1.29, 1.82) is 0 Å². The fraction of sp³-hybridized carbons (Fsp3) is 0.429. The Labute approximate surface area is 122 Å². The van der Waals surface area contributed by atoms with Crippen molar-refractivity contribution in [3.05, 3.63) is 17.4 Å². The zero-order valence-electron chi connectivity index (χ0n) is 11.4. The number of aromatic nitrogens is 2. The Kier molecular flexibility index (Phi) is 3.53. The predicted molar refractivity (Wildman–Crippen MR) is 78.9 cm³/mol. The number of halogens is 1. The van der Waals surface area contributed by atoms with Gasteiger partial charge in [0, 0.05) is 23.9 Å². The summed E-state index contributed by atoms with van der Waals surface area (Å²) in [5.74, 6) is 2.15. The zero-order chi connectivity index (χ0) is 14.1. The summed E-state index contributed by atoms with van der Waals surface area (Å²) in [6, 6.07) is 4.02. The number of fused-ring (bicyclic) bond motifs is 2. The molecule has 0 saturated heterocycles. The topological polar surface area (TPSA) is 56.3 Å². The van der Waals surface area contributed by atoms with E-state index in [-0.39, 0.29) is 11.3 Å². The molecule has 1 aliphatic heterocycles. The molecule has 1 N–H and O–H groups in total. The van der Waals surface area contributed by atoms with E-state index >= 15 is 0 Å². The fourth-order valence-corrected chi connectivity index (χ4v) is 2.32. The average molecular weight is 294 g/mol. The molecule has 1 aliphatic rings. The van der Waals surface area contributed by atoms with Crippen LogP contribution in [-0.2, 0) is 0 Å². The van der Waals surface area contributed by atoms with Crippen molar-refractivity contribution in [3.8, 4) is 11.5 Å². The van der Waals surface area contributed by atoms with Crippen LogP contribution in [0.4, 0.5) is 5.82 Å². The molecule has 2 heterocycles. The van der Waals surface area contributed by atoms with E-state index in [0.717, 1.165) is 23.1 Å². The van der Waals surface area contributed by atoms with Crippen LogP contribution >= 0.6 is 11.6 Å². The quantitative estimate of drug-likeness (QED) is 0.861. The van der Waals surface area contributed by atoms with Gasteiger partial charge in [-0.1, -0.05) is 0 Å². The fourth-order valence-electron chi connectivity index (χ4n) is 2.14. The lowest BCUT2D eigenvalue weighted by atomic mass is 10.2. The maximum atomic E-state index is 5.99. The van der Waals surface area contributed by atoms with Crippen LogP contribution < -0.4 is 14.8 Å². The Bertz CT molecular complexity index is 646. The van der Waals surface area contributed by atoms with Gasteiger partial charge in [0.15, 0.2) is 11.5 Å². The summed E-state index contributed by atoms with van der Waals surface area (Å²) in [6.45, 7) is 5.39. The van der Waals surface area contributed by atoms with Gasteiger partial charge in [-0.3, -0.25) is 0 Å². The van der Waals surface area contributed by atoms with Crippen LogP contribution in [0.1, 0.15) is 20.3 Å². The molecule has 0 aliphatic carbocycles. The maximum absolute atomic E-state index is 5.99. The molecule has 0 amide bonds. The van der Waals surface area contributed by atoms with E-state index in [0.29, 0.717) is 24.8 Å². The molecule has 20 heavy (non-hydrogen) atoms. The summed E-state index contributed by atoms with van der Waals surface area (Å²) < 4.78 is 11.4. The average Bonchev–Trinajstić information content (AvgIpc) is 2.60. The number of nitrogens with zero attached hydrogens (tertiary/aromatic N) is 2. The van der Waals surface area contributed by atoms with Gasteiger partial charge in [-0.25, -0.2) is 9.97 Å². The molecular weight excluding hydrogens is 278 g/mol. The van der Waals surface area contributed by atoms with Crippen molar-refractivity contribution in [2.45, 2.75) is 26.3 Å². The lowest BCUT2D eigenvalue weighted by molar-refractivity contribution is 0.297. The molecule has 106 valence electrons. The Balaban J connectivity index is 2.17. The Morgan fingerprint density at radius 1 is 1.15 bits per heavy atom. The molecular formula is C14H16ClN3O2. The molecule has 0 atom stereocenters. The molecule has 2 aromatic rings. The number of benzene rings is 1. The summed E-state index contributed by atoms with van der Waals surface area (Å²) in [4.78, 5) is 8.52. The Morgan fingerprint density at radius 3 is 2.55 bits per heavy atom. The van der Waals surface area contributed by atoms with Crippen LogP contribution in [0.2, 0.25) is 5.28 Å². The summed E-state index contributed by atoms with van der Waals surface area (Å²) >= 11 is 5.99. The number of nitrogens with one attached hydrogen (secondary N) is 1.